The van der Waals surface area contributed by atoms with Gasteiger partial charge in [-0.2, -0.15) is 5.11 Å². The van der Waals surface area contributed by atoms with Crippen LogP contribution in [0.15, 0.2) is 29.5 Å². The van der Waals surface area contributed by atoms with E-state index >= 15 is 0 Å². The fourth-order valence-corrected chi connectivity index (χ4v) is 0.940. The van der Waals surface area contributed by atoms with Crippen molar-refractivity contribution in [2.45, 2.75) is 19.4 Å². The Hall–Kier alpha value is -1.25. The van der Waals surface area contributed by atoms with Crippen molar-refractivity contribution in [1.82, 2.24) is 4.98 Å². The molecule has 0 saturated heterocycles. The van der Waals surface area contributed by atoms with Crippen LogP contribution in [0.4, 0.5) is 0 Å². The summed E-state index contributed by atoms with van der Waals surface area (Å²) in [4.78, 5) is 4.11. The molecule has 1 unspecified atom stereocenters. The summed E-state index contributed by atoms with van der Waals surface area (Å²) in [5.74, 6) is 0. The zero-order valence-corrected chi connectivity index (χ0v) is 6.49. The quantitative estimate of drug-likeness (QED) is 0.659. The average Bonchev–Trinajstić information content (AvgIpc) is 2.09. The maximum atomic E-state index is 6.88. The summed E-state index contributed by atoms with van der Waals surface area (Å²) < 4.78 is 0. The molecule has 0 spiro atoms. The smallest absolute Gasteiger partial charge is 0.112 e. The van der Waals surface area contributed by atoms with E-state index in [-0.39, 0.29) is 6.04 Å². The molecule has 0 fully saturated rings. The van der Waals surface area contributed by atoms with Crippen LogP contribution in [0.5, 0.6) is 0 Å². The molecule has 0 amide bonds. The summed E-state index contributed by atoms with van der Waals surface area (Å²) in [6.07, 6.45) is 2.56. The van der Waals surface area contributed by atoms with Crippen molar-refractivity contribution in [1.29, 1.82) is 5.53 Å². The second-order valence-electron chi connectivity index (χ2n) is 2.31. The first-order valence-corrected chi connectivity index (χ1v) is 3.66. The van der Waals surface area contributed by atoms with Crippen LogP contribution in [0.2, 0.25) is 0 Å². The maximum absolute atomic E-state index is 6.88. The minimum atomic E-state index is -0.0591. The second kappa shape index (κ2) is 3.81. The van der Waals surface area contributed by atoms with E-state index in [9.17, 15) is 0 Å². The van der Waals surface area contributed by atoms with Crippen LogP contribution >= 0.6 is 0 Å². The lowest BCUT2D eigenvalue weighted by atomic mass is 10.1. The average molecular weight is 149 g/mol. The van der Waals surface area contributed by atoms with Gasteiger partial charge in [0.1, 0.15) is 6.04 Å². The summed E-state index contributed by atoms with van der Waals surface area (Å²) >= 11 is 0. The second-order valence-corrected chi connectivity index (χ2v) is 2.31. The van der Waals surface area contributed by atoms with Crippen LogP contribution in [-0.4, -0.2) is 4.98 Å². The molecule has 1 N–H and O–H groups in total. The molecule has 0 aliphatic rings. The van der Waals surface area contributed by atoms with E-state index in [1.54, 1.807) is 6.20 Å². The summed E-state index contributed by atoms with van der Waals surface area (Å²) in [6, 6.07) is 5.61. The normalized spacial score (nSPS) is 12.5. The molecule has 1 heterocycles. The monoisotopic (exact) mass is 149 g/mol. The molecule has 58 valence electrons. The Labute approximate surface area is 66.0 Å². The van der Waals surface area contributed by atoms with Crippen molar-refractivity contribution >= 4 is 0 Å². The van der Waals surface area contributed by atoms with E-state index in [0.29, 0.717) is 0 Å². The van der Waals surface area contributed by atoms with Crippen LogP contribution in [0.25, 0.3) is 0 Å². The van der Waals surface area contributed by atoms with Crippen molar-refractivity contribution in [3.05, 3.63) is 30.1 Å². The lowest BCUT2D eigenvalue weighted by molar-refractivity contribution is 0.626. The van der Waals surface area contributed by atoms with Gasteiger partial charge in [-0.25, -0.2) is 5.53 Å². The Morgan fingerprint density at radius 3 is 2.91 bits per heavy atom. The van der Waals surface area contributed by atoms with Crippen molar-refractivity contribution in [3.8, 4) is 0 Å². The molecule has 3 heteroatoms. The predicted octanol–water partition coefficient (Wildman–Crippen LogP) is 2.56. The summed E-state index contributed by atoms with van der Waals surface area (Å²) in [5.41, 5.74) is 7.76. The van der Waals surface area contributed by atoms with Crippen LogP contribution in [-0.2, 0) is 0 Å². The fraction of sp³-hybridized carbons (Fsp3) is 0.375. The highest BCUT2D eigenvalue weighted by Crippen LogP contribution is 2.16. The van der Waals surface area contributed by atoms with Gasteiger partial charge >= 0.3 is 0 Å². The van der Waals surface area contributed by atoms with Gasteiger partial charge < -0.3 is 0 Å². The van der Waals surface area contributed by atoms with Gasteiger partial charge in [-0.3, -0.25) is 4.98 Å². The third-order valence-corrected chi connectivity index (χ3v) is 1.57. The minimum absolute atomic E-state index is 0.0591. The van der Waals surface area contributed by atoms with E-state index in [1.165, 1.54) is 0 Å². The van der Waals surface area contributed by atoms with Crippen LogP contribution in [0, 0.1) is 5.53 Å². The molecule has 1 atom stereocenters. The van der Waals surface area contributed by atoms with Crippen LogP contribution < -0.4 is 0 Å². The highest BCUT2D eigenvalue weighted by Gasteiger charge is 2.06. The lowest BCUT2D eigenvalue weighted by Gasteiger charge is -2.04. The number of nitrogens with zero attached hydrogens (tertiary/aromatic N) is 2. The number of rotatable bonds is 3. The molecule has 0 aliphatic heterocycles. The summed E-state index contributed by atoms with van der Waals surface area (Å²) in [6.45, 7) is 2.00. The molecule has 0 saturated carbocycles. The van der Waals surface area contributed by atoms with E-state index < -0.39 is 0 Å². The molecule has 0 bridgehead atoms. The van der Waals surface area contributed by atoms with Crippen LogP contribution in [0.1, 0.15) is 25.1 Å². The summed E-state index contributed by atoms with van der Waals surface area (Å²) in [5, 5.41) is 3.46. The van der Waals surface area contributed by atoms with E-state index in [2.05, 4.69) is 10.1 Å². The molecule has 0 radical (unpaired) electrons. The largest absolute Gasteiger partial charge is 0.259 e. The number of nitrogens with one attached hydrogen (secondary N) is 1. The van der Waals surface area contributed by atoms with E-state index in [4.69, 9.17) is 5.53 Å². The standard InChI is InChI=1S/C8H11N3/c1-2-7(11-9)8-5-3-4-6-10-8/h3-7,9H,2H2,1H3. The highest BCUT2D eigenvalue weighted by atomic mass is 15.0. The third kappa shape index (κ3) is 1.83. The van der Waals surface area contributed by atoms with Gasteiger partial charge in [0, 0.05) is 6.20 Å². The third-order valence-electron chi connectivity index (χ3n) is 1.57. The summed E-state index contributed by atoms with van der Waals surface area (Å²) in [7, 11) is 0. The first kappa shape index (κ1) is 7.85. The minimum Gasteiger partial charge on any atom is -0.259 e. The molecule has 1 aromatic rings. The Bertz CT molecular complexity index is 220. The number of hydrogen-bond donors (Lipinski definition) is 1. The Morgan fingerprint density at radius 1 is 1.64 bits per heavy atom. The first-order valence-electron chi connectivity index (χ1n) is 3.66. The predicted molar refractivity (Wildman–Crippen MR) is 42.4 cm³/mol. The van der Waals surface area contributed by atoms with Gasteiger partial charge in [-0.1, -0.05) is 13.0 Å². The number of pyridine rings is 1. The maximum Gasteiger partial charge on any atom is 0.112 e. The molecular formula is C8H11N3. The van der Waals surface area contributed by atoms with Gasteiger partial charge in [-0.15, -0.1) is 0 Å². The molecule has 11 heavy (non-hydrogen) atoms. The van der Waals surface area contributed by atoms with Gasteiger partial charge in [0.25, 0.3) is 0 Å². The van der Waals surface area contributed by atoms with Crippen molar-refractivity contribution < 1.29 is 0 Å². The topological polar surface area (TPSA) is 49.1 Å². The van der Waals surface area contributed by atoms with Crippen molar-refractivity contribution in [2.75, 3.05) is 0 Å². The molecular weight excluding hydrogens is 138 g/mol. The zero-order chi connectivity index (χ0) is 8.10. The molecule has 1 aromatic heterocycles. The Kier molecular flexibility index (Phi) is 2.72. The first-order chi connectivity index (χ1) is 5.38. The lowest BCUT2D eigenvalue weighted by Crippen LogP contribution is -1.94. The van der Waals surface area contributed by atoms with Gasteiger partial charge in [0.2, 0.25) is 0 Å². The molecule has 1 rings (SSSR count). The van der Waals surface area contributed by atoms with Gasteiger partial charge in [0.15, 0.2) is 0 Å². The SMILES string of the molecule is CCC(N=N)c1ccccn1. The Morgan fingerprint density at radius 2 is 2.45 bits per heavy atom. The van der Waals surface area contributed by atoms with Gasteiger partial charge in [-0.05, 0) is 18.6 Å². The van der Waals surface area contributed by atoms with E-state index in [1.807, 2.05) is 25.1 Å². The zero-order valence-electron chi connectivity index (χ0n) is 6.49. The highest BCUT2D eigenvalue weighted by molar-refractivity contribution is 5.07. The van der Waals surface area contributed by atoms with Crippen molar-refractivity contribution in [2.24, 2.45) is 5.11 Å². The molecule has 0 aromatic carbocycles. The molecule has 3 nitrogen and oxygen atoms in total. The van der Waals surface area contributed by atoms with Crippen LogP contribution in [0.3, 0.4) is 0 Å². The number of hydrogen-bond acceptors (Lipinski definition) is 3. The molecule has 0 aliphatic carbocycles. The van der Waals surface area contributed by atoms with Gasteiger partial charge in [0.05, 0.1) is 5.69 Å². The van der Waals surface area contributed by atoms with Crippen molar-refractivity contribution in [3.63, 3.8) is 0 Å². The number of aromatic nitrogens is 1. The van der Waals surface area contributed by atoms with E-state index in [0.717, 1.165) is 12.1 Å². The fourth-order valence-electron chi connectivity index (χ4n) is 0.940. The Balaban J connectivity index is 2.82.